The van der Waals surface area contributed by atoms with Gasteiger partial charge in [-0.15, -0.1) is 0 Å². The zero-order valence-electron chi connectivity index (χ0n) is 23.9. The second kappa shape index (κ2) is 11.4. The van der Waals surface area contributed by atoms with Crippen molar-refractivity contribution in [3.63, 3.8) is 0 Å². The Balaban J connectivity index is 1.34. The Kier molecular flexibility index (Phi) is 7.09. The number of nitrogens with one attached hydrogen (secondary N) is 2. The second-order valence-corrected chi connectivity index (χ2v) is 10.7. The van der Waals surface area contributed by atoms with E-state index in [4.69, 9.17) is 14.2 Å². The number of fused-ring (bicyclic) bond motifs is 7. The summed E-state index contributed by atoms with van der Waals surface area (Å²) in [7, 11) is 1.57. The minimum absolute atomic E-state index is 0.100. The van der Waals surface area contributed by atoms with E-state index in [1.165, 1.54) is 18.2 Å². The van der Waals surface area contributed by atoms with Gasteiger partial charge in [-0.05, 0) is 78.1 Å². The summed E-state index contributed by atoms with van der Waals surface area (Å²) in [5, 5.41) is 10.9. The van der Waals surface area contributed by atoms with Crippen LogP contribution in [0.3, 0.4) is 0 Å². The highest BCUT2D eigenvalue weighted by Crippen LogP contribution is 2.41. The third-order valence-corrected chi connectivity index (χ3v) is 8.06. The number of nitrogens with zero attached hydrogens (tertiary/aromatic N) is 2. The molecule has 9 nitrogen and oxygen atoms in total. The van der Waals surface area contributed by atoms with Crippen LogP contribution in [0.1, 0.15) is 50.0 Å². The largest absolute Gasteiger partial charge is 0.493 e. The minimum Gasteiger partial charge on any atom is -0.493 e. The standard InChI is InChI=1S/C34H29FN4O5/c1-42-29-12-7-21-18-30(29)43-16-4-14-36-33(40)26-19-23(9-11-27(26)35)44-22-8-10-24-20(17-22)13-15-39(32(21)24)34(41)31-25-5-2-3-6-28(25)37-38-31/h2-3,5-12,17-19,32H,4,13-16H2,1H3,(H,36,40)(H,37,38). The fraction of sp³-hybridized carbons (Fsp3) is 0.206. The molecule has 2 N–H and O–H groups in total. The third kappa shape index (κ3) is 4.98. The quantitative estimate of drug-likeness (QED) is 0.268. The van der Waals surface area contributed by atoms with Crippen molar-refractivity contribution in [1.82, 2.24) is 20.4 Å². The minimum atomic E-state index is -0.634. The molecule has 10 heteroatoms. The van der Waals surface area contributed by atoms with Crippen LogP contribution in [0.25, 0.3) is 10.9 Å². The van der Waals surface area contributed by atoms with Gasteiger partial charge in [-0.25, -0.2) is 4.39 Å². The highest BCUT2D eigenvalue weighted by molar-refractivity contribution is 6.05. The number of aromatic amines is 1. The number of H-pyrrole nitrogens is 1. The molecule has 0 saturated heterocycles. The molecule has 8 bridgehead atoms. The number of para-hydroxylation sites is 1. The van der Waals surface area contributed by atoms with Crippen LogP contribution in [0.15, 0.2) is 78.9 Å². The maximum Gasteiger partial charge on any atom is 0.275 e. The van der Waals surface area contributed by atoms with Crippen LogP contribution in [-0.4, -0.2) is 53.7 Å². The summed E-state index contributed by atoms with van der Waals surface area (Å²) < 4.78 is 32.4. The van der Waals surface area contributed by atoms with Crippen molar-refractivity contribution in [3.8, 4) is 23.0 Å². The van der Waals surface area contributed by atoms with Gasteiger partial charge in [0.2, 0.25) is 0 Å². The summed E-state index contributed by atoms with van der Waals surface area (Å²) in [6.45, 7) is 0.987. The number of amides is 2. The lowest BCUT2D eigenvalue weighted by Gasteiger charge is -2.38. The Morgan fingerprint density at radius 1 is 1.05 bits per heavy atom. The number of hydrogen-bond donors (Lipinski definition) is 2. The highest BCUT2D eigenvalue weighted by atomic mass is 19.1. The van der Waals surface area contributed by atoms with E-state index in [0.717, 1.165) is 27.6 Å². The molecule has 2 amide bonds. The van der Waals surface area contributed by atoms with Gasteiger partial charge < -0.3 is 24.4 Å². The van der Waals surface area contributed by atoms with Crippen LogP contribution >= 0.6 is 0 Å². The van der Waals surface area contributed by atoms with E-state index in [0.29, 0.717) is 48.1 Å². The fourth-order valence-electron chi connectivity index (χ4n) is 5.91. The number of carbonyl (C=O) groups excluding carboxylic acids is 2. The maximum atomic E-state index is 14.6. The van der Waals surface area contributed by atoms with Crippen LogP contribution in [-0.2, 0) is 6.42 Å². The monoisotopic (exact) mass is 592 g/mol. The molecule has 3 aliphatic rings. The van der Waals surface area contributed by atoms with Gasteiger partial charge in [0.1, 0.15) is 17.3 Å². The number of hydrogen-bond acceptors (Lipinski definition) is 6. The zero-order chi connectivity index (χ0) is 30.2. The predicted octanol–water partition coefficient (Wildman–Crippen LogP) is 5.80. The molecule has 44 heavy (non-hydrogen) atoms. The number of rotatable bonds is 2. The van der Waals surface area contributed by atoms with E-state index in [-0.39, 0.29) is 24.6 Å². The molecule has 3 aliphatic heterocycles. The average molecular weight is 593 g/mol. The van der Waals surface area contributed by atoms with E-state index in [2.05, 4.69) is 15.5 Å². The number of methoxy groups -OCH3 is 1. The van der Waals surface area contributed by atoms with Crippen molar-refractivity contribution in [1.29, 1.82) is 0 Å². The van der Waals surface area contributed by atoms with E-state index < -0.39 is 17.8 Å². The molecular formula is C34H29FN4O5. The van der Waals surface area contributed by atoms with Crippen molar-refractivity contribution in [2.45, 2.75) is 18.9 Å². The Bertz CT molecular complexity index is 1900. The normalized spacial score (nSPS) is 16.4. The van der Waals surface area contributed by atoms with Crippen molar-refractivity contribution in [3.05, 3.63) is 113 Å². The molecule has 0 radical (unpaired) electrons. The van der Waals surface area contributed by atoms with Crippen LogP contribution < -0.4 is 19.5 Å². The summed E-state index contributed by atoms with van der Waals surface area (Å²) in [6, 6.07) is 22.6. The van der Waals surface area contributed by atoms with Gasteiger partial charge in [-0.3, -0.25) is 14.7 Å². The van der Waals surface area contributed by atoms with E-state index in [9.17, 15) is 14.0 Å². The number of benzene rings is 4. The molecule has 0 aliphatic carbocycles. The van der Waals surface area contributed by atoms with Crippen molar-refractivity contribution in [2.75, 3.05) is 26.8 Å². The molecule has 0 saturated carbocycles. The molecule has 0 fully saturated rings. The first-order chi connectivity index (χ1) is 21.5. The lowest BCUT2D eigenvalue weighted by molar-refractivity contribution is 0.0689. The van der Waals surface area contributed by atoms with Crippen molar-refractivity contribution >= 4 is 22.7 Å². The van der Waals surface area contributed by atoms with Crippen LogP contribution in [0.2, 0.25) is 0 Å². The van der Waals surface area contributed by atoms with E-state index in [1.54, 1.807) is 7.11 Å². The molecule has 222 valence electrons. The fourth-order valence-corrected chi connectivity index (χ4v) is 5.91. The van der Waals surface area contributed by atoms with Gasteiger partial charge in [0.05, 0.1) is 30.8 Å². The van der Waals surface area contributed by atoms with E-state index in [1.807, 2.05) is 65.6 Å². The van der Waals surface area contributed by atoms with Crippen molar-refractivity contribution in [2.24, 2.45) is 0 Å². The molecule has 1 aromatic heterocycles. The number of aromatic nitrogens is 2. The molecule has 8 rings (SSSR count). The zero-order valence-corrected chi connectivity index (χ0v) is 23.9. The summed E-state index contributed by atoms with van der Waals surface area (Å²) in [5.41, 5.74) is 3.84. The molecule has 4 heterocycles. The first-order valence-corrected chi connectivity index (χ1v) is 14.4. The van der Waals surface area contributed by atoms with Crippen LogP contribution in [0.4, 0.5) is 4.39 Å². The van der Waals surface area contributed by atoms with Gasteiger partial charge in [-0.1, -0.05) is 30.3 Å². The lowest BCUT2D eigenvalue weighted by atomic mass is 9.87. The summed E-state index contributed by atoms with van der Waals surface area (Å²) in [5.74, 6) is 0.589. The topological polar surface area (TPSA) is 106 Å². The smallest absolute Gasteiger partial charge is 0.275 e. The van der Waals surface area contributed by atoms with E-state index >= 15 is 0 Å². The average Bonchev–Trinajstić information content (AvgIpc) is 3.48. The maximum absolute atomic E-state index is 14.6. The van der Waals surface area contributed by atoms with Gasteiger partial charge in [0, 0.05) is 18.5 Å². The van der Waals surface area contributed by atoms with Crippen molar-refractivity contribution < 1.29 is 28.2 Å². The summed E-state index contributed by atoms with van der Waals surface area (Å²) in [4.78, 5) is 28.8. The molecule has 5 aromatic rings. The third-order valence-electron chi connectivity index (χ3n) is 8.06. The lowest BCUT2D eigenvalue weighted by Crippen LogP contribution is -2.41. The Morgan fingerprint density at radius 2 is 1.89 bits per heavy atom. The predicted molar refractivity (Wildman–Crippen MR) is 161 cm³/mol. The SMILES string of the molecule is COc1ccc2cc1OCCCNC(=O)c1cc(ccc1F)Oc1ccc3c(c1)CCN(C(=O)c1n[nH]c4ccccc14)C23. The number of halogens is 1. The number of ether oxygens (including phenoxy) is 3. The summed E-state index contributed by atoms with van der Waals surface area (Å²) >= 11 is 0. The molecule has 1 unspecified atom stereocenters. The first-order valence-electron chi connectivity index (χ1n) is 14.4. The molecular weight excluding hydrogens is 563 g/mol. The van der Waals surface area contributed by atoms with Crippen LogP contribution in [0.5, 0.6) is 23.0 Å². The Hall–Kier alpha value is -5.38. The Morgan fingerprint density at radius 3 is 2.77 bits per heavy atom. The van der Waals surface area contributed by atoms with Gasteiger partial charge in [0.25, 0.3) is 11.8 Å². The molecule has 0 spiro atoms. The Labute approximate surface area is 252 Å². The molecule has 4 aromatic carbocycles. The van der Waals surface area contributed by atoms with Crippen LogP contribution in [0, 0.1) is 5.82 Å². The highest BCUT2D eigenvalue weighted by Gasteiger charge is 2.35. The van der Waals surface area contributed by atoms with Gasteiger partial charge in [0.15, 0.2) is 17.2 Å². The summed E-state index contributed by atoms with van der Waals surface area (Å²) in [6.07, 6.45) is 1.05. The van der Waals surface area contributed by atoms with Gasteiger partial charge >= 0.3 is 0 Å². The van der Waals surface area contributed by atoms with Gasteiger partial charge in [-0.2, -0.15) is 5.10 Å². The molecule has 1 atom stereocenters. The first kappa shape index (κ1) is 27.5. The second-order valence-electron chi connectivity index (χ2n) is 10.7. The number of carbonyl (C=O) groups is 2.